The van der Waals surface area contributed by atoms with E-state index >= 15 is 0 Å². The van der Waals surface area contributed by atoms with E-state index in [1.54, 1.807) is 37.3 Å². The maximum absolute atomic E-state index is 13.3. The molecule has 2 rings (SSSR count). The Balaban J connectivity index is 2.40. The van der Waals surface area contributed by atoms with Crippen LogP contribution in [-0.4, -0.2) is 63.2 Å². The summed E-state index contributed by atoms with van der Waals surface area (Å²) in [6.07, 6.45) is 0. The molecule has 0 aromatic heterocycles. The molecule has 0 unspecified atom stereocenters. The molecule has 0 spiro atoms. The van der Waals surface area contributed by atoms with Crippen molar-refractivity contribution in [3.8, 4) is 0 Å². The van der Waals surface area contributed by atoms with Gasteiger partial charge in [-0.05, 0) is 36.8 Å². The number of halogens is 1. The third-order valence-electron chi connectivity index (χ3n) is 4.74. The Morgan fingerprint density at radius 1 is 1.03 bits per heavy atom. The van der Waals surface area contributed by atoms with Gasteiger partial charge in [-0.1, -0.05) is 46.3 Å². The molecule has 0 saturated heterocycles. The number of hydrogen-bond donors (Lipinski definition) is 1. The van der Waals surface area contributed by atoms with Crippen LogP contribution in [0.1, 0.15) is 12.5 Å². The summed E-state index contributed by atoms with van der Waals surface area (Å²) in [5, 5.41) is 2.55. The molecule has 0 aliphatic rings. The van der Waals surface area contributed by atoms with Crippen molar-refractivity contribution in [2.24, 2.45) is 0 Å². The predicted molar refractivity (Wildman–Crippen MR) is 125 cm³/mol. The standard InChI is InChI=1S/C21H27BrN4O4S/c1-16(21(28)23-2)25(14-17-10-12-18(22)13-11-17)20(27)15-26(31(29,30)24(3)4)19-8-6-5-7-9-19/h5-13,16H,14-15H2,1-4H3,(H,23,28)/t16-/m0/s1. The molecule has 1 atom stereocenters. The van der Waals surface area contributed by atoms with Crippen LogP contribution in [0.3, 0.4) is 0 Å². The highest BCUT2D eigenvalue weighted by Gasteiger charge is 2.32. The van der Waals surface area contributed by atoms with E-state index in [0.717, 1.165) is 18.6 Å². The quantitative estimate of drug-likeness (QED) is 0.559. The van der Waals surface area contributed by atoms with E-state index in [1.165, 1.54) is 26.0 Å². The maximum atomic E-state index is 13.3. The van der Waals surface area contributed by atoms with Crippen LogP contribution in [0.25, 0.3) is 0 Å². The molecule has 0 radical (unpaired) electrons. The van der Waals surface area contributed by atoms with Crippen molar-refractivity contribution in [1.82, 2.24) is 14.5 Å². The highest BCUT2D eigenvalue weighted by molar-refractivity contribution is 9.10. The number of carbonyl (C=O) groups is 2. The minimum atomic E-state index is -3.94. The second-order valence-corrected chi connectivity index (χ2v) is 10.1. The zero-order chi connectivity index (χ0) is 23.2. The van der Waals surface area contributed by atoms with Crippen LogP contribution in [0.15, 0.2) is 59.1 Å². The molecule has 31 heavy (non-hydrogen) atoms. The summed E-state index contributed by atoms with van der Waals surface area (Å²) in [6.45, 7) is 1.33. The van der Waals surface area contributed by atoms with Gasteiger partial charge >= 0.3 is 10.2 Å². The van der Waals surface area contributed by atoms with Gasteiger partial charge < -0.3 is 10.2 Å². The van der Waals surface area contributed by atoms with Crippen molar-refractivity contribution in [2.45, 2.75) is 19.5 Å². The van der Waals surface area contributed by atoms with E-state index in [4.69, 9.17) is 0 Å². The van der Waals surface area contributed by atoms with Crippen molar-refractivity contribution >= 4 is 43.6 Å². The van der Waals surface area contributed by atoms with Gasteiger partial charge in [0.15, 0.2) is 0 Å². The van der Waals surface area contributed by atoms with Crippen LogP contribution in [0, 0.1) is 0 Å². The number of nitrogens with zero attached hydrogens (tertiary/aromatic N) is 3. The third-order valence-corrected chi connectivity index (χ3v) is 7.09. The fourth-order valence-electron chi connectivity index (χ4n) is 2.89. The molecule has 8 nitrogen and oxygen atoms in total. The summed E-state index contributed by atoms with van der Waals surface area (Å²) in [5.74, 6) is -0.833. The Hall–Kier alpha value is -2.43. The molecule has 1 N–H and O–H groups in total. The Bertz CT molecular complexity index is 998. The van der Waals surface area contributed by atoms with Crippen molar-refractivity contribution in [3.05, 3.63) is 64.6 Å². The Kier molecular flexibility index (Phi) is 8.60. The minimum Gasteiger partial charge on any atom is -0.357 e. The highest BCUT2D eigenvalue weighted by Crippen LogP contribution is 2.20. The first-order valence-corrected chi connectivity index (χ1v) is 11.8. The maximum Gasteiger partial charge on any atom is 0.304 e. The van der Waals surface area contributed by atoms with Gasteiger partial charge in [0.2, 0.25) is 11.8 Å². The van der Waals surface area contributed by atoms with E-state index in [-0.39, 0.29) is 12.5 Å². The lowest BCUT2D eigenvalue weighted by atomic mass is 10.1. The normalized spacial score (nSPS) is 12.3. The van der Waals surface area contributed by atoms with E-state index in [1.807, 2.05) is 24.3 Å². The van der Waals surface area contributed by atoms with Gasteiger partial charge in [0.25, 0.3) is 0 Å². The lowest BCUT2D eigenvalue weighted by molar-refractivity contribution is -0.139. The number of carbonyl (C=O) groups excluding carboxylic acids is 2. The molecule has 2 amide bonds. The Labute approximate surface area is 192 Å². The fourth-order valence-corrected chi connectivity index (χ4v) is 4.21. The van der Waals surface area contributed by atoms with E-state index in [0.29, 0.717) is 5.69 Å². The number of para-hydroxylation sites is 1. The molecule has 0 aliphatic heterocycles. The zero-order valence-corrected chi connectivity index (χ0v) is 20.4. The molecule has 2 aromatic carbocycles. The summed E-state index contributed by atoms with van der Waals surface area (Å²) < 4.78 is 28.9. The first kappa shape index (κ1) is 24.8. The molecule has 2 aromatic rings. The SMILES string of the molecule is CNC(=O)[C@H](C)N(Cc1ccc(Br)cc1)C(=O)CN(c1ccccc1)S(=O)(=O)N(C)C. The van der Waals surface area contributed by atoms with Gasteiger partial charge in [-0.3, -0.25) is 9.59 Å². The van der Waals surface area contributed by atoms with Crippen LogP contribution in [0.2, 0.25) is 0 Å². The predicted octanol–water partition coefficient (Wildman–Crippen LogP) is 2.23. The highest BCUT2D eigenvalue weighted by atomic mass is 79.9. The van der Waals surface area contributed by atoms with Crippen molar-refractivity contribution in [1.29, 1.82) is 0 Å². The number of anilines is 1. The first-order valence-electron chi connectivity index (χ1n) is 9.58. The van der Waals surface area contributed by atoms with Crippen LogP contribution in [0.4, 0.5) is 5.69 Å². The van der Waals surface area contributed by atoms with Gasteiger partial charge in [0.05, 0.1) is 5.69 Å². The van der Waals surface area contributed by atoms with Crippen molar-refractivity contribution < 1.29 is 18.0 Å². The second kappa shape index (κ2) is 10.7. The zero-order valence-electron chi connectivity index (χ0n) is 17.9. The van der Waals surface area contributed by atoms with Crippen molar-refractivity contribution in [2.75, 3.05) is 32.0 Å². The number of nitrogens with one attached hydrogen (secondary N) is 1. The summed E-state index contributed by atoms with van der Waals surface area (Å²) in [5.41, 5.74) is 1.18. The smallest absolute Gasteiger partial charge is 0.304 e. The summed E-state index contributed by atoms with van der Waals surface area (Å²) in [7, 11) is 0.366. The minimum absolute atomic E-state index is 0.158. The van der Waals surface area contributed by atoms with Gasteiger partial charge in [-0.25, -0.2) is 4.31 Å². The average molecular weight is 511 g/mol. The molecule has 0 aliphatic carbocycles. The number of benzene rings is 2. The monoisotopic (exact) mass is 510 g/mol. The van der Waals surface area contributed by atoms with Gasteiger partial charge in [0, 0.05) is 32.2 Å². The summed E-state index contributed by atoms with van der Waals surface area (Å²) in [4.78, 5) is 27.0. The van der Waals surface area contributed by atoms with Crippen LogP contribution in [0.5, 0.6) is 0 Å². The van der Waals surface area contributed by atoms with Crippen molar-refractivity contribution in [3.63, 3.8) is 0 Å². The number of likely N-dealkylation sites (N-methyl/N-ethyl adjacent to an activating group) is 1. The molecule has 0 bridgehead atoms. The van der Waals surface area contributed by atoms with Gasteiger partial charge in [0.1, 0.15) is 12.6 Å². The van der Waals surface area contributed by atoms with Gasteiger partial charge in [-0.15, -0.1) is 0 Å². The lowest BCUT2D eigenvalue weighted by Gasteiger charge is -2.32. The molecular formula is C21H27BrN4O4S. The number of amides is 2. The lowest BCUT2D eigenvalue weighted by Crippen LogP contribution is -2.52. The number of hydrogen-bond acceptors (Lipinski definition) is 4. The Morgan fingerprint density at radius 2 is 1.61 bits per heavy atom. The van der Waals surface area contributed by atoms with Crippen LogP contribution in [-0.2, 0) is 26.3 Å². The average Bonchev–Trinajstić information content (AvgIpc) is 2.76. The van der Waals surface area contributed by atoms with Crippen LogP contribution < -0.4 is 9.62 Å². The molecule has 168 valence electrons. The summed E-state index contributed by atoms with van der Waals surface area (Å²) >= 11 is 3.38. The Morgan fingerprint density at radius 3 is 2.13 bits per heavy atom. The molecule has 0 saturated carbocycles. The largest absolute Gasteiger partial charge is 0.357 e. The van der Waals surface area contributed by atoms with Gasteiger partial charge in [-0.2, -0.15) is 12.7 Å². The molecular weight excluding hydrogens is 484 g/mol. The van der Waals surface area contributed by atoms with Crippen LogP contribution >= 0.6 is 15.9 Å². The molecule has 10 heteroatoms. The van der Waals surface area contributed by atoms with E-state index < -0.39 is 28.7 Å². The third kappa shape index (κ3) is 6.28. The van der Waals surface area contributed by atoms with E-state index in [2.05, 4.69) is 21.2 Å². The summed E-state index contributed by atoms with van der Waals surface area (Å²) in [6, 6.07) is 15.0. The fraction of sp³-hybridized carbons (Fsp3) is 0.333. The topological polar surface area (TPSA) is 90.0 Å². The van der Waals surface area contributed by atoms with E-state index in [9.17, 15) is 18.0 Å². The molecule has 0 heterocycles. The first-order chi connectivity index (χ1) is 14.6. The second-order valence-electron chi connectivity index (χ2n) is 7.07. The number of rotatable bonds is 9. The molecule has 0 fully saturated rings.